The van der Waals surface area contributed by atoms with Gasteiger partial charge in [0, 0.05) is 12.1 Å². The van der Waals surface area contributed by atoms with Crippen LogP contribution in [0, 0.1) is 10.1 Å². The van der Waals surface area contributed by atoms with E-state index in [2.05, 4.69) is 4.18 Å². The lowest BCUT2D eigenvalue weighted by Gasteiger charge is -2.10. The summed E-state index contributed by atoms with van der Waals surface area (Å²) >= 11 is 5.37. The van der Waals surface area contributed by atoms with Gasteiger partial charge in [0.15, 0.2) is 5.75 Å². The zero-order chi connectivity index (χ0) is 14.1. The standard InChI is InChI=1S/C7H3ClF3NO5S/c8-5-3-4(12(13)14)1-2-6(5)17-18(15,16)7(9,10)11/h1-3H. The summed E-state index contributed by atoms with van der Waals surface area (Å²) in [6.07, 6.45) is 0. The molecule has 0 unspecified atom stereocenters. The molecule has 0 N–H and O–H groups in total. The zero-order valence-corrected chi connectivity index (χ0v) is 9.71. The second-order valence-corrected chi connectivity index (χ2v) is 4.80. The van der Waals surface area contributed by atoms with Crippen molar-refractivity contribution in [3.05, 3.63) is 33.3 Å². The molecule has 18 heavy (non-hydrogen) atoms. The SMILES string of the molecule is O=[N+]([O-])c1ccc(OS(=O)(=O)C(F)(F)F)c(Cl)c1. The molecule has 100 valence electrons. The average Bonchev–Trinajstić information content (AvgIpc) is 2.18. The highest BCUT2D eigenvalue weighted by atomic mass is 35.5. The average molecular weight is 306 g/mol. The van der Waals surface area contributed by atoms with Crippen molar-refractivity contribution in [1.29, 1.82) is 0 Å². The molecule has 1 aromatic carbocycles. The highest BCUT2D eigenvalue weighted by Gasteiger charge is 2.48. The van der Waals surface area contributed by atoms with Crippen molar-refractivity contribution in [2.45, 2.75) is 5.51 Å². The number of hydrogen-bond acceptors (Lipinski definition) is 5. The maximum absolute atomic E-state index is 12.0. The molecule has 0 radical (unpaired) electrons. The van der Waals surface area contributed by atoms with Gasteiger partial charge in [-0.15, -0.1) is 0 Å². The number of hydrogen-bond donors (Lipinski definition) is 0. The number of nitro groups is 1. The van der Waals surface area contributed by atoms with Gasteiger partial charge in [0.1, 0.15) is 0 Å². The molecule has 0 bridgehead atoms. The van der Waals surface area contributed by atoms with Crippen molar-refractivity contribution in [1.82, 2.24) is 0 Å². The van der Waals surface area contributed by atoms with Gasteiger partial charge in [-0.1, -0.05) is 11.6 Å². The molecule has 1 rings (SSSR count). The first-order chi connectivity index (χ1) is 8.04. The van der Waals surface area contributed by atoms with Gasteiger partial charge in [0.25, 0.3) is 5.69 Å². The summed E-state index contributed by atoms with van der Waals surface area (Å²) in [6.45, 7) is 0. The largest absolute Gasteiger partial charge is 0.534 e. The molecule has 0 aliphatic heterocycles. The number of benzene rings is 1. The van der Waals surface area contributed by atoms with Crippen molar-refractivity contribution >= 4 is 27.4 Å². The van der Waals surface area contributed by atoms with Gasteiger partial charge in [0.2, 0.25) is 0 Å². The van der Waals surface area contributed by atoms with Crippen molar-refractivity contribution in [3.8, 4) is 5.75 Å². The lowest BCUT2D eigenvalue weighted by atomic mass is 10.3. The van der Waals surface area contributed by atoms with Crippen molar-refractivity contribution in [2.75, 3.05) is 0 Å². The van der Waals surface area contributed by atoms with Crippen LogP contribution in [0.15, 0.2) is 18.2 Å². The summed E-state index contributed by atoms with van der Waals surface area (Å²) < 4.78 is 61.0. The summed E-state index contributed by atoms with van der Waals surface area (Å²) in [5.41, 5.74) is -6.13. The van der Waals surface area contributed by atoms with Crippen molar-refractivity contribution in [3.63, 3.8) is 0 Å². The van der Waals surface area contributed by atoms with Gasteiger partial charge in [-0.2, -0.15) is 21.6 Å². The molecule has 0 aromatic heterocycles. The van der Waals surface area contributed by atoms with Gasteiger partial charge in [-0.25, -0.2) is 0 Å². The van der Waals surface area contributed by atoms with E-state index in [1.165, 1.54) is 0 Å². The van der Waals surface area contributed by atoms with E-state index < -0.39 is 37.0 Å². The molecule has 0 fully saturated rings. The highest BCUT2D eigenvalue weighted by molar-refractivity contribution is 7.88. The van der Waals surface area contributed by atoms with Crippen LogP contribution in [-0.4, -0.2) is 18.8 Å². The van der Waals surface area contributed by atoms with E-state index >= 15 is 0 Å². The van der Waals surface area contributed by atoms with Crippen LogP contribution in [0.3, 0.4) is 0 Å². The van der Waals surface area contributed by atoms with Crippen LogP contribution < -0.4 is 4.18 Å². The second kappa shape index (κ2) is 4.61. The molecular weight excluding hydrogens is 303 g/mol. The Morgan fingerprint density at radius 2 is 1.89 bits per heavy atom. The molecule has 0 spiro atoms. The minimum Gasteiger partial charge on any atom is -0.374 e. The summed E-state index contributed by atoms with van der Waals surface area (Å²) in [5.74, 6) is -0.848. The Kier molecular flexibility index (Phi) is 3.72. The third-order valence-electron chi connectivity index (χ3n) is 1.61. The third kappa shape index (κ3) is 3.01. The fraction of sp³-hybridized carbons (Fsp3) is 0.143. The number of non-ortho nitro benzene ring substituents is 1. The Morgan fingerprint density at radius 1 is 1.33 bits per heavy atom. The van der Waals surface area contributed by atoms with Crippen LogP contribution in [0.1, 0.15) is 0 Å². The van der Waals surface area contributed by atoms with E-state index in [9.17, 15) is 31.7 Å². The second-order valence-electron chi connectivity index (χ2n) is 2.86. The lowest BCUT2D eigenvalue weighted by molar-refractivity contribution is -0.384. The quantitative estimate of drug-likeness (QED) is 0.370. The number of rotatable bonds is 3. The Labute approximate surface area is 103 Å². The monoisotopic (exact) mass is 305 g/mol. The van der Waals surface area contributed by atoms with Crippen molar-refractivity contribution in [2.24, 2.45) is 0 Å². The summed E-state index contributed by atoms with van der Waals surface area (Å²) in [4.78, 5) is 9.46. The van der Waals surface area contributed by atoms with E-state index in [-0.39, 0.29) is 0 Å². The molecule has 1 aromatic rings. The molecule has 0 atom stereocenters. The number of nitro benzene ring substituents is 1. The molecular formula is C7H3ClF3NO5S. The third-order valence-corrected chi connectivity index (χ3v) is 2.87. The van der Waals surface area contributed by atoms with Gasteiger partial charge in [0.05, 0.1) is 9.95 Å². The summed E-state index contributed by atoms with van der Waals surface area (Å²) in [5, 5.41) is 9.69. The van der Waals surface area contributed by atoms with Crippen LogP contribution in [-0.2, 0) is 10.1 Å². The van der Waals surface area contributed by atoms with Crippen LogP contribution in [0.4, 0.5) is 18.9 Å². The Balaban J connectivity index is 3.11. The lowest BCUT2D eigenvalue weighted by Crippen LogP contribution is -2.28. The summed E-state index contributed by atoms with van der Waals surface area (Å²) in [7, 11) is -5.86. The fourth-order valence-corrected chi connectivity index (χ4v) is 1.57. The molecule has 0 aliphatic rings. The van der Waals surface area contributed by atoms with E-state index in [0.29, 0.717) is 12.1 Å². The van der Waals surface area contributed by atoms with E-state index in [0.717, 1.165) is 6.07 Å². The highest BCUT2D eigenvalue weighted by Crippen LogP contribution is 2.33. The van der Waals surface area contributed by atoms with E-state index in [1.54, 1.807) is 0 Å². The zero-order valence-electron chi connectivity index (χ0n) is 8.14. The molecule has 6 nitrogen and oxygen atoms in total. The van der Waals surface area contributed by atoms with E-state index in [4.69, 9.17) is 11.6 Å². The molecule has 0 saturated heterocycles. The normalized spacial score (nSPS) is 12.2. The first-order valence-electron chi connectivity index (χ1n) is 3.99. The van der Waals surface area contributed by atoms with Crippen LogP contribution in [0.2, 0.25) is 5.02 Å². The number of nitrogens with zero attached hydrogens (tertiary/aromatic N) is 1. The maximum Gasteiger partial charge on any atom is 0.534 e. The molecule has 0 saturated carbocycles. The van der Waals surface area contributed by atoms with Gasteiger partial charge in [-0.3, -0.25) is 10.1 Å². The van der Waals surface area contributed by atoms with Crippen LogP contribution in [0.5, 0.6) is 5.75 Å². The van der Waals surface area contributed by atoms with Crippen molar-refractivity contribution < 1.29 is 30.7 Å². The first kappa shape index (κ1) is 14.5. The minimum atomic E-state index is -5.86. The van der Waals surface area contributed by atoms with E-state index in [1.807, 2.05) is 0 Å². The summed E-state index contributed by atoms with van der Waals surface area (Å²) in [6, 6.07) is 2.08. The number of halogens is 4. The maximum atomic E-state index is 12.0. The fourth-order valence-electron chi connectivity index (χ4n) is 0.836. The van der Waals surface area contributed by atoms with Crippen LogP contribution >= 0.6 is 11.6 Å². The Bertz CT molecular complexity index is 585. The predicted octanol–water partition coefficient (Wildman–Crippen LogP) is 2.48. The topological polar surface area (TPSA) is 86.5 Å². The predicted molar refractivity (Wildman–Crippen MR) is 53.7 cm³/mol. The number of alkyl halides is 3. The molecule has 0 aliphatic carbocycles. The van der Waals surface area contributed by atoms with Gasteiger partial charge < -0.3 is 4.18 Å². The Hall–Kier alpha value is -1.55. The molecule has 11 heteroatoms. The van der Waals surface area contributed by atoms with Crippen LogP contribution in [0.25, 0.3) is 0 Å². The molecule has 0 heterocycles. The van der Waals surface area contributed by atoms with Gasteiger partial charge >= 0.3 is 15.6 Å². The smallest absolute Gasteiger partial charge is 0.374 e. The van der Waals surface area contributed by atoms with Gasteiger partial charge in [-0.05, 0) is 6.07 Å². The Morgan fingerprint density at radius 3 is 2.28 bits per heavy atom. The molecule has 0 amide bonds. The minimum absolute atomic E-state index is 0.517. The first-order valence-corrected chi connectivity index (χ1v) is 5.78.